The van der Waals surface area contributed by atoms with E-state index in [4.69, 9.17) is 4.74 Å². The van der Waals surface area contributed by atoms with Gasteiger partial charge in [-0.25, -0.2) is 4.39 Å². The van der Waals surface area contributed by atoms with Crippen molar-refractivity contribution in [2.75, 3.05) is 19.7 Å². The van der Waals surface area contributed by atoms with Crippen molar-refractivity contribution in [2.45, 2.75) is 44.6 Å². The van der Waals surface area contributed by atoms with E-state index in [1.54, 1.807) is 0 Å². The summed E-state index contributed by atoms with van der Waals surface area (Å²) in [5.74, 6) is -0.360. The molecule has 2 fully saturated rings. The zero-order chi connectivity index (χ0) is 20.0. The van der Waals surface area contributed by atoms with Gasteiger partial charge in [0.2, 0.25) is 11.8 Å². The molecule has 1 aromatic carbocycles. The number of benzene rings is 1. The highest BCUT2D eigenvalue weighted by Gasteiger charge is 2.42. The number of hydrogen-bond acceptors (Lipinski definition) is 4. The highest BCUT2D eigenvalue weighted by molar-refractivity contribution is 5.88. The van der Waals surface area contributed by atoms with Gasteiger partial charge in [0.1, 0.15) is 17.6 Å². The first kappa shape index (κ1) is 20.1. The maximum Gasteiger partial charge on any atom is 0.257 e. The van der Waals surface area contributed by atoms with E-state index in [0.29, 0.717) is 31.7 Å². The smallest absolute Gasteiger partial charge is 0.257 e. The molecule has 152 valence electrons. The molecule has 1 aliphatic carbocycles. The van der Waals surface area contributed by atoms with E-state index in [1.807, 2.05) is 0 Å². The average molecular weight is 391 g/mol. The van der Waals surface area contributed by atoms with Crippen molar-refractivity contribution in [3.63, 3.8) is 0 Å². The molecule has 1 aliphatic heterocycles. The molecule has 1 heterocycles. The van der Waals surface area contributed by atoms with Crippen molar-refractivity contribution >= 4 is 17.7 Å². The van der Waals surface area contributed by atoms with Gasteiger partial charge in [-0.15, -0.1) is 0 Å². The summed E-state index contributed by atoms with van der Waals surface area (Å²) in [4.78, 5) is 35.4. The molecule has 3 rings (SSSR count). The fraction of sp³-hybridized carbons (Fsp3) is 0.550. The Hall–Kier alpha value is -2.64. The maximum absolute atomic E-state index is 12.8. The lowest BCUT2D eigenvalue weighted by Gasteiger charge is -2.23. The van der Waals surface area contributed by atoms with Gasteiger partial charge in [0.25, 0.3) is 5.91 Å². The predicted octanol–water partition coefficient (Wildman–Crippen LogP) is 1.28. The number of amides is 3. The predicted molar refractivity (Wildman–Crippen MR) is 100.0 cm³/mol. The Labute approximate surface area is 163 Å². The van der Waals surface area contributed by atoms with Crippen molar-refractivity contribution in [3.8, 4) is 5.75 Å². The summed E-state index contributed by atoms with van der Waals surface area (Å²) >= 11 is 0. The van der Waals surface area contributed by atoms with E-state index >= 15 is 0 Å². The van der Waals surface area contributed by atoms with Crippen molar-refractivity contribution in [2.24, 2.45) is 5.41 Å². The van der Waals surface area contributed by atoms with E-state index < -0.39 is 6.04 Å². The van der Waals surface area contributed by atoms with E-state index in [2.05, 4.69) is 16.0 Å². The second-order valence-electron chi connectivity index (χ2n) is 7.57. The second kappa shape index (κ2) is 9.03. The van der Waals surface area contributed by atoms with Gasteiger partial charge in [-0.3, -0.25) is 14.4 Å². The standard InChI is InChI=1S/C20H26FN3O4/c21-14-4-6-15(7-5-14)28-12-18(26)23-13-20(8-9-20)10-11-22-19(27)16-2-1-3-17(25)24-16/h4-7,16H,1-3,8-13H2,(H,22,27)(H,23,26)(H,24,25)/t16-/m1/s1. The molecule has 0 aromatic heterocycles. The summed E-state index contributed by atoms with van der Waals surface area (Å²) in [5, 5.41) is 8.46. The topological polar surface area (TPSA) is 96.5 Å². The van der Waals surface area contributed by atoms with Gasteiger partial charge in [-0.2, -0.15) is 0 Å². The van der Waals surface area contributed by atoms with Crippen LogP contribution in [0.1, 0.15) is 38.5 Å². The number of halogens is 1. The Morgan fingerprint density at radius 1 is 1.21 bits per heavy atom. The van der Waals surface area contributed by atoms with Crippen LogP contribution in [0.3, 0.4) is 0 Å². The zero-order valence-corrected chi connectivity index (χ0v) is 15.8. The fourth-order valence-electron chi connectivity index (χ4n) is 3.28. The van der Waals surface area contributed by atoms with Crippen LogP contribution in [0, 0.1) is 11.2 Å². The van der Waals surface area contributed by atoms with Crippen LogP contribution in [-0.4, -0.2) is 43.5 Å². The Kier molecular flexibility index (Phi) is 6.49. The number of carbonyl (C=O) groups is 3. The van der Waals surface area contributed by atoms with Crippen LogP contribution < -0.4 is 20.7 Å². The largest absolute Gasteiger partial charge is 0.484 e. The molecule has 1 saturated carbocycles. The van der Waals surface area contributed by atoms with Gasteiger partial charge >= 0.3 is 0 Å². The molecule has 2 aliphatic rings. The van der Waals surface area contributed by atoms with Crippen LogP contribution in [0.4, 0.5) is 4.39 Å². The Morgan fingerprint density at radius 2 is 1.96 bits per heavy atom. The third-order valence-electron chi connectivity index (χ3n) is 5.30. The third-order valence-corrected chi connectivity index (χ3v) is 5.30. The van der Waals surface area contributed by atoms with Gasteiger partial charge in [0.05, 0.1) is 0 Å². The SMILES string of the molecule is O=C(COc1ccc(F)cc1)NCC1(CCNC(=O)[C@H]2CCCC(=O)N2)CC1. The molecule has 0 radical (unpaired) electrons. The highest BCUT2D eigenvalue weighted by Crippen LogP contribution is 2.47. The number of carbonyl (C=O) groups excluding carboxylic acids is 3. The van der Waals surface area contributed by atoms with E-state index in [9.17, 15) is 18.8 Å². The van der Waals surface area contributed by atoms with Crippen molar-refractivity contribution in [3.05, 3.63) is 30.1 Å². The fourth-order valence-corrected chi connectivity index (χ4v) is 3.28. The van der Waals surface area contributed by atoms with Gasteiger partial charge in [-0.1, -0.05) is 0 Å². The lowest BCUT2D eigenvalue weighted by molar-refractivity contribution is -0.131. The molecular weight excluding hydrogens is 365 g/mol. The molecule has 3 N–H and O–H groups in total. The second-order valence-corrected chi connectivity index (χ2v) is 7.57. The molecule has 8 heteroatoms. The Morgan fingerprint density at radius 3 is 2.64 bits per heavy atom. The van der Waals surface area contributed by atoms with Crippen LogP contribution in [0.25, 0.3) is 0 Å². The minimum Gasteiger partial charge on any atom is -0.484 e. The summed E-state index contributed by atoms with van der Waals surface area (Å²) < 4.78 is 18.2. The van der Waals surface area contributed by atoms with Gasteiger partial charge in [0.15, 0.2) is 6.61 Å². The van der Waals surface area contributed by atoms with Crippen molar-refractivity contribution in [1.82, 2.24) is 16.0 Å². The molecule has 1 saturated heterocycles. The molecule has 0 spiro atoms. The highest BCUT2D eigenvalue weighted by atomic mass is 19.1. The summed E-state index contributed by atoms with van der Waals surface area (Å²) in [6, 6.07) is 5.07. The van der Waals surface area contributed by atoms with Crippen LogP contribution in [0.15, 0.2) is 24.3 Å². The molecule has 0 unspecified atom stereocenters. The van der Waals surface area contributed by atoms with Crippen LogP contribution >= 0.6 is 0 Å². The number of nitrogens with one attached hydrogen (secondary N) is 3. The summed E-state index contributed by atoms with van der Waals surface area (Å²) in [5.41, 5.74) is 0.0224. The van der Waals surface area contributed by atoms with Gasteiger partial charge < -0.3 is 20.7 Å². The van der Waals surface area contributed by atoms with Crippen molar-refractivity contribution < 1.29 is 23.5 Å². The minimum atomic E-state index is -0.431. The first-order valence-electron chi connectivity index (χ1n) is 9.68. The quantitative estimate of drug-likeness (QED) is 0.591. The number of piperidine rings is 1. The van der Waals surface area contributed by atoms with Crippen LogP contribution in [-0.2, 0) is 14.4 Å². The Bertz CT molecular complexity index is 719. The first-order chi connectivity index (χ1) is 13.5. The summed E-state index contributed by atoms with van der Waals surface area (Å²) in [6.07, 6.45) is 4.67. The van der Waals surface area contributed by atoms with E-state index in [0.717, 1.165) is 25.7 Å². The molecule has 28 heavy (non-hydrogen) atoms. The molecule has 3 amide bonds. The number of hydrogen-bond donors (Lipinski definition) is 3. The van der Waals surface area contributed by atoms with Crippen LogP contribution in [0.5, 0.6) is 5.75 Å². The average Bonchev–Trinajstić information content (AvgIpc) is 3.46. The van der Waals surface area contributed by atoms with Crippen LogP contribution in [0.2, 0.25) is 0 Å². The lowest BCUT2D eigenvalue weighted by atomic mass is 10.0. The van der Waals surface area contributed by atoms with E-state index in [-0.39, 0.29) is 35.6 Å². The zero-order valence-electron chi connectivity index (χ0n) is 15.8. The maximum atomic E-state index is 12.8. The summed E-state index contributed by atoms with van der Waals surface area (Å²) in [7, 11) is 0. The normalized spacial score (nSPS) is 20.0. The molecule has 1 atom stereocenters. The first-order valence-corrected chi connectivity index (χ1v) is 9.68. The third kappa shape index (κ3) is 5.94. The van der Waals surface area contributed by atoms with Gasteiger partial charge in [0, 0.05) is 19.5 Å². The van der Waals surface area contributed by atoms with E-state index in [1.165, 1.54) is 24.3 Å². The monoisotopic (exact) mass is 391 g/mol. The number of rotatable bonds is 9. The Balaban J connectivity index is 1.32. The lowest BCUT2D eigenvalue weighted by Crippen LogP contribution is -2.49. The van der Waals surface area contributed by atoms with Gasteiger partial charge in [-0.05, 0) is 61.8 Å². The molecule has 1 aromatic rings. The molecular formula is C20H26FN3O4. The summed E-state index contributed by atoms with van der Waals surface area (Å²) in [6.45, 7) is 0.932. The molecule has 0 bridgehead atoms. The van der Waals surface area contributed by atoms with Crippen molar-refractivity contribution in [1.29, 1.82) is 0 Å². The minimum absolute atomic E-state index is 0.0224. The number of ether oxygens (including phenoxy) is 1. The molecule has 7 nitrogen and oxygen atoms in total.